The van der Waals surface area contributed by atoms with Gasteiger partial charge in [0.1, 0.15) is 0 Å². The quantitative estimate of drug-likeness (QED) is 0.818. The summed E-state index contributed by atoms with van der Waals surface area (Å²) in [5.74, 6) is -0.777. The zero-order valence-electron chi connectivity index (χ0n) is 11.0. The fourth-order valence-corrected chi connectivity index (χ4v) is 3.76. The van der Waals surface area contributed by atoms with Crippen LogP contribution in [0.5, 0.6) is 0 Å². The average molecular weight is 324 g/mol. The van der Waals surface area contributed by atoms with Crippen molar-refractivity contribution < 1.29 is 18.0 Å². The molecule has 0 spiro atoms. The molecule has 110 valence electrons. The number of sulfonamides is 1. The molecule has 0 saturated heterocycles. The summed E-state index contributed by atoms with van der Waals surface area (Å²) < 4.78 is 26.6. The molecule has 0 unspecified atom stereocenters. The molecule has 2 aromatic rings. The Morgan fingerprint density at radius 2 is 1.81 bits per heavy atom. The number of benzene rings is 1. The number of primary amides is 1. The Balaban J connectivity index is 2.24. The van der Waals surface area contributed by atoms with E-state index in [1.54, 1.807) is 0 Å². The van der Waals surface area contributed by atoms with Crippen LogP contribution in [0.4, 0.5) is 5.69 Å². The molecule has 0 fully saturated rings. The van der Waals surface area contributed by atoms with Crippen LogP contribution in [0.2, 0.25) is 0 Å². The molecular weight excluding hydrogens is 312 g/mol. The summed E-state index contributed by atoms with van der Waals surface area (Å²) in [5.41, 5.74) is 5.91. The van der Waals surface area contributed by atoms with Crippen LogP contribution in [-0.2, 0) is 10.0 Å². The van der Waals surface area contributed by atoms with E-state index < -0.39 is 15.9 Å². The number of thiophene rings is 1. The van der Waals surface area contributed by atoms with E-state index in [9.17, 15) is 18.0 Å². The van der Waals surface area contributed by atoms with Crippen molar-refractivity contribution in [3.8, 4) is 0 Å². The first-order valence-electron chi connectivity index (χ1n) is 5.82. The van der Waals surface area contributed by atoms with E-state index in [4.69, 9.17) is 5.73 Å². The molecule has 0 aliphatic rings. The van der Waals surface area contributed by atoms with Gasteiger partial charge < -0.3 is 5.73 Å². The van der Waals surface area contributed by atoms with Gasteiger partial charge in [0.2, 0.25) is 0 Å². The van der Waals surface area contributed by atoms with Crippen LogP contribution in [0, 0.1) is 0 Å². The van der Waals surface area contributed by atoms with Gasteiger partial charge in [-0.15, -0.1) is 11.3 Å². The highest BCUT2D eigenvalue weighted by Crippen LogP contribution is 2.22. The van der Waals surface area contributed by atoms with Gasteiger partial charge in [-0.25, -0.2) is 8.42 Å². The van der Waals surface area contributed by atoms with Crippen LogP contribution >= 0.6 is 11.3 Å². The Morgan fingerprint density at radius 1 is 1.19 bits per heavy atom. The van der Waals surface area contributed by atoms with Gasteiger partial charge in [0, 0.05) is 16.6 Å². The van der Waals surface area contributed by atoms with Crippen LogP contribution in [0.3, 0.4) is 0 Å². The Kier molecular flexibility index (Phi) is 4.10. The fourth-order valence-electron chi connectivity index (χ4n) is 1.58. The summed E-state index contributed by atoms with van der Waals surface area (Å²) in [6.07, 6.45) is 0. The second-order valence-corrected chi connectivity index (χ2v) is 6.84. The normalized spacial score (nSPS) is 11.1. The maximum Gasteiger partial charge on any atom is 0.262 e. The largest absolute Gasteiger partial charge is 0.365 e. The minimum atomic E-state index is -3.79. The molecule has 1 aromatic heterocycles. The second kappa shape index (κ2) is 5.66. The van der Waals surface area contributed by atoms with Crippen molar-refractivity contribution in [1.29, 1.82) is 0 Å². The first-order valence-corrected chi connectivity index (χ1v) is 8.18. The Hall–Kier alpha value is -2.19. The van der Waals surface area contributed by atoms with Crippen molar-refractivity contribution in [2.24, 2.45) is 5.73 Å². The third kappa shape index (κ3) is 3.47. The minimum absolute atomic E-state index is 0.0306. The summed E-state index contributed by atoms with van der Waals surface area (Å²) in [6.45, 7) is 1.43. The highest BCUT2D eigenvalue weighted by Gasteiger charge is 2.18. The summed E-state index contributed by atoms with van der Waals surface area (Å²) >= 11 is 0.963. The predicted octanol–water partition coefficient (Wildman–Crippen LogP) is 1.85. The summed E-state index contributed by atoms with van der Waals surface area (Å²) in [7, 11) is -3.79. The first kappa shape index (κ1) is 15.2. The molecule has 0 radical (unpaired) electrons. The number of ketones is 1. The first-order chi connectivity index (χ1) is 9.79. The third-order valence-electron chi connectivity index (χ3n) is 2.67. The van der Waals surface area contributed by atoms with E-state index in [-0.39, 0.29) is 15.6 Å². The number of hydrogen-bond donors (Lipinski definition) is 2. The molecule has 1 aromatic carbocycles. The van der Waals surface area contributed by atoms with Gasteiger partial charge in [0.25, 0.3) is 15.9 Å². The van der Waals surface area contributed by atoms with Gasteiger partial charge in [-0.05, 0) is 37.3 Å². The van der Waals surface area contributed by atoms with Gasteiger partial charge in [-0.2, -0.15) is 0 Å². The van der Waals surface area contributed by atoms with E-state index in [1.165, 1.54) is 42.6 Å². The van der Waals surface area contributed by atoms with Gasteiger partial charge in [0.15, 0.2) is 5.78 Å². The second-order valence-electron chi connectivity index (χ2n) is 4.25. The predicted molar refractivity (Wildman–Crippen MR) is 80.1 cm³/mol. The van der Waals surface area contributed by atoms with Crippen molar-refractivity contribution in [1.82, 2.24) is 0 Å². The lowest BCUT2D eigenvalue weighted by atomic mass is 10.1. The smallest absolute Gasteiger partial charge is 0.262 e. The Bertz CT molecular complexity index is 792. The number of nitrogens with one attached hydrogen (secondary N) is 1. The van der Waals surface area contributed by atoms with Crippen LogP contribution < -0.4 is 10.5 Å². The molecule has 1 heterocycles. The van der Waals surface area contributed by atoms with Crippen molar-refractivity contribution in [3.63, 3.8) is 0 Å². The van der Waals surface area contributed by atoms with E-state index in [1.807, 2.05) is 0 Å². The van der Waals surface area contributed by atoms with Gasteiger partial charge in [0.05, 0.1) is 9.77 Å². The molecule has 21 heavy (non-hydrogen) atoms. The maximum absolute atomic E-state index is 12.1. The van der Waals surface area contributed by atoms with Crippen LogP contribution in [-0.4, -0.2) is 20.1 Å². The molecule has 8 heteroatoms. The van der Waals surface area contributed by atoms with Crippen molar-refractivity contribution >= 4 is 38.7 Å². The number of amides is 1. The number of rotatable bonds is 5. The number of Topliss-reactive ketones (excluding diaryl/α,β-unsaturated/α-hetero) is 1. The number of carbonyl (C=O) groups is 2. The molecule has 0 aliphatic heterocycles. The van der Waals surface area contributed by atoms with E-state index in [0.717, 1.165) is 11.3 Å². The highest BCUT2D eigenvalue weighted by atomic mass is 32.2. The zero-order chi connectivity index (χ0) is 15.6. The summed E-state index contributed by atoms with van der Waals surface area (Å²) in [6, 6.07) is 7.27. The van der Waals surface area contributed by atoms with Gasteiger partial charge in [-0.3, -0.25) is 14.3 Å². The molecule has 6 nitrogen and oxygen atoms in total. The maximum atomic E-state index is 12.1. The average Bonchev–Trinajstić information content (AvgIpc) is 2.89. The number of anilines is 1. The van der Waals surface area contributed by atoms with E-state index in [0.29, 0.717) is 11.3 Å². The van der Waals surface area contributed by atoms with Crippen LogP contribution in [0.15, 0.2) is 40.6 Å². The van der Waals surface area contributed by atoms with Gasteiger partial charge in [-0.1, -0.05) is 0 Å². The zero-order valence-corrected chi connectivity index (χ0v) is 12.6. The fraction of sp³-hybridized carbons (Fsp3) is 0.0769. The van der Waals surface area contributed by atoms with Gasteiger partial charge >= 0.3 is 0 Å². The molecule has 3 N–H and O–H groups in total. The third-order valence-corrected chi connectivity index (χ3v) is 5.13. The number of carbonyl (C=O) groups excluding carboxylic acids is 2. The minimum Gasteiger partial charge on any atom is -0.365 e. The molecule has 1 amide bonds. The van der Waals surface area contributed by atoms with Crippen LogP contribution in [0.1, 0.15) is 27.0 Å². The summed E-state index contributed by atoms with van der Waals surface area (Å²) in [5, 5.41) is 1.34. The summed E-state index contributed by atoms with van der Waals surface area (Å²) in [4.78, 5) is 22.3. The number of hydrogen-bond acceptors (Lipinski definition) is 5. The van der Waals surface area contributed by atoms with E-state index >= 15 is 0 Å². The van der Waals surface area contributed by atoms with E-state index in [2.05, 4.69) is 4.72 Å². The lowest BCUT2D eigenvalue weighted by Gasteiger charge is -2.06. The van der Waals surface area contributed by atoms with Crippen molar-refractivity contribution in [2.75, 3.05) is 4.72 Å². The Morgan fingerprint density at radius 3 is 2.29 bits per heavy atom. The topological polar surface area (TPSA) is 106 Å². The highest BCUT2D eigenvalue weighted by molar-refractivity contribution is 7.92. The molecule has 0 aliphatic carbocycles. The molecular formula is C13H12N2O4S2. The number of nitrogens with two attached hydrogens (primary N) is 1. The lowest BCUT2D eigenvalue weighted by Crippen LogP contribution is -2.13. The van der Waals surface area contributed by atoms with Crippen molar-refractivity contribution in [2.45, 2.75) is 11.8 Å². The SMILES string of the molecule is CC(=O)c1ccc(NS(=O)(=O)c2csc(C(N)=O)c2)cc1. The Labute approximate surface area is 125 Å². The lowest BCUT2D eigenvalue weighted by molar-refractivity contribution is 0.0999. The molecule has 0 saturated carbocycles. The van der Waals surface area contributed by atoms with Crippen molar-refractivity contribution in [3.05, 3.63) is 46.2 Å². The molecule has 0 atom stereocenters. The standard InChI is InChI=1S/C13H12N2O4S2/c1-8(16)9-2-4-10(5-3-9)15-21(18,19)11-6-12(13(14)17)20-7-11/h2-7,15H,1H3,(H2,14,17). The monoisotopic (exact) mass is 324 g/mol. The van der Waals surface area contributed by atoms with Crippen LogP contribution in [0.25, 0.3) is 0 Å². The molecule has 0 bridgehead atoms. The molecule has 2 rings (SSSR count).